The van der Waals surface area contributed by atoms with E-state index >= 15 is 0 Å². The Morgan fingerprint density at radius 1 is 1.21 bits per heavy atom. The van der Waals surface area contributed by atoms with Gasteiger partial charge in [0, 0.05) is 18.7 Å². The fourth-order valence-corrected chi connectivity index (χ4v) is 1.37. The lowest BCUT2D eigenvalue weighted by molar-refractivity contribution is -0.121. The monoisotopic (exact) mass is 265 g/mol. The summed E-state index contributed by atoms with van der Waals surface area (Å²) in [5, 5.41) is 5.30. The number of methoxy groups -OCH3 is 1. The average molecular weight is 265 g/mol. The molecule has 0 unspecified atom stereocenters. The van der Waals surface area contributed by atoms with Crippen LogP contribution in [0.25, 0.3) is 0 Å². The van der Waals surface area contributed by atoms with E-state index < -0.39 is 6.04 Å². The van der Waals surface area contributed by atoms with E-state index in [0.29, 0.717) is 24.4 Å². The molecule has 0 aromatic heterocycles. The molecule has 0 saturated carbocycles. The molecule has 6 heteroatoms. The van der Waals surface area contributed by atoms with Gasteiger partial charge in [-0.1, -0.05) is 0 Å². The molecule has 1 aromatic carbocycles. The van der Waals surface area contributed by atoms with Crippen LogP contribution >= 0.6 is 0 Å². The summed E-state index contributed by atoms with van der Waals surface area (Å²) in [4.78, 5) is 22.9. The van der Waals surface area contributed by atoms with Gasteiger partial charge >= 0.3 is 0 Å². The number of carbonyl (C=O) groups excluding carboxylic acids is 2. The number of hydrogen-bond acceptors (Lipinski definition) is 4. The molecule has 0 aliphatic heterocycles. The van der Waals surface area contributed by atoms with Crippen LogP contribution in [0.5, 0.6) is 5.75 Å². The first kappa shape index (κ1) is 15.0. The van der Waals surface area contributed by atoms with E-state index in [9.17, 15) is 9.59 Å². The number of ether oxygens (including phenoxy) is 1. The number of carbonyl (C=O) groups is 2. The lowest BCUT2D eigenvalue weighted by Crippen LogP contribution is -2.42. The zero-order valence-corrected chi connectivity index (χ0v) is 11.1. The SMILES string of the molecule is COc1ccc(C(=O)NCCNC(=O)[C@@H](C)N)cc1. The Kier molecular flexibility index (Phi) is 5.81. The molecule has 4 N–H and O–H groups in total. The first-order valence-electron chi connectivity index (χ1n) is 6.00. The Bertz CT molecular complexity index is 429. The van der Waals surface area contributed by atoms with Crippen LogP contribution in [0.3, 0.4) is 0 Å². The van der Waals surface area contributed by atoms with Crippen molar-refractivity contribution in [2.75, 3.05) is 20.2 Å². The standard InChI is InChI=1S/C13H19N3O3/c1-9(14)12(17)15-7-8-16-13(18)10-3-5-11(19-2)6-4-10/h3-6,9H,7-8,14H2,1-2H3,(H,15,17)(H,16,18)/t9-/m1/s1. The van der Waals surface area contributed by atoms with Crippen molar-refractivity contribution in [2.45, 2.75) is 13.0 Å². The summed E-state index contributed by atoms with van der Waals surface area (Å²) in [6.45, 7) is 2.30. The second kappa shape index (κ2) is 7.38. The number of nitrogens with one attached hydrogen (secondary N) is 2. The van der Waals surface area contributed by atoms with E-state index in [0.717, 1.165) is 0 Å². The van der Waals surface area contributed by atoms with Gasteiger partial charge in [-0.15, -0.1) is 0 Å². The van der Waals surface area contributed by atoms with Gasteiger partial charge in [0.15, 0.2) is 0 Å². The maximum Gasteiger partial charge on any atom is 0.251 e. The first-order valence-corrected chi connectivity index (χ1v) is 6.00. The van der Waals surface area contributed by atoms with Gasteiger partial charge in [0.1, 0.15) is 5.75 Å². The Balaban J connectivity index is 2.33. The van der Waals surface area contributed by atoms with E-state index in [1.807, 2.05) is 0 Å². The van der Waals surface area contributed by atoms with Crippen molar-refractivity contribution in [3.63, 3.8) is 0 Å². The zero-order chi connectivity index (χ0) is 14.3. The van der Waals surface area contributed by atoms with Crippen LogP contribution in [0.4, 0.5) is 0 Å². The third kappa shape index (κ3) is 4.97. The molecule has 6 nitrogen and oxygen atoms in total. The fraction of sp³-hybridized carbons (Fsp3) is 0.385. The van der Waals surface area contributed by atoms with Crippen LogP contribution in [-0.2, 0) is 4.79 Å². The molecule has 0 aliphatic rings. The Morgan fingerprint density at radius 3 is 2.32 bits per heavy atom. The van der Waals surface area contributed by atoms with Crippen molar-refractivity contribution in [3.8, 4) is 5.75 Å². The summed E-state index contributed by atoms with van der Waals surface area (Å²) in [5.74, 6) is 0.261. The third-order valence-corrected chi connectivity index (χ3v) is 2.48. The van der Waals surface area contributed by atoms with Crippen molar-refractivity contribution in [3.05, 3.63) is 29.8 Å². The van der Waals surface area contributed by atoms with Gasteiger partial charge in [-0.05, 0) is 31.2 Å². The van der Waals surface area contributed by atoms with Crippen LogP contribution in [-0.4, -0.2) is 38.1 Å². The van der Waals surface area contributed by atoms with Crippen molar-refractivity contribution in [1.82, 2.24) is 10.6 Å². The van der Waals surface area contributed by atoms with Crippen LogP contribution in [0.2, 0.25) is 0 Å². The highest BCUT2D eigenvalue weighted by atomic mass is 16.5. The second-order valence-corrected chi connectivity index (χ2v) is 4.06. The summed E-state index contributed by atoms with van der Waals surface area (Å²) in [7, 11) is 1.57. The van der Waals surface area contributed by atoms with E-state index in [4.69, 9.17) is 10.5 Å². The fourth-order valence-electron chi connectivity index (χ4n) is 1.37. The van der Waals surface area contributed by atoms with E-state index in [1.54, 1.807) is 38.3 Å². The number of benzene rings is 1. The molecule has 2 amide bonds. The summed E-state index contributed by atoms with van der Waals surface area (Å²) in [5.41, 5.74) is 5.93. The van der Waals surface area contributed by atoms with Crippen LogP contribution < -0.4 is 21.1 Å². The highest BCUT2D eigenvalue weighted by Crippen LogP contribution is 2.10. The van der Waals surface area contributed by atoms with Crippen molar-refractivity contribution >= 4 is 11.8 Å². The molecule has 0 saturated heterocycles. The number of rotatable bonds is 6. The molecule has 104 valence electrons. The normalized spacial score (nSPS) is 11.5. The summed E-state index contributed by atoms with van der Waals surface area (Å²) < 4.78 is 5.01. The molecule has 0 heterocycles. The smallest absolute Gasteiger partial charge is 0.251 e. The average Bonchev–Trinajstić information content (AvgIpc) is 2.43. The third-order valence-electron chi connectivity index (χ3n) is 2.48. The molecule has 0 aliphatic carbocycles. The molecule has 1 aromatic rings. The summed E-state index contributed by atoms with van der Waals surface area (Å²) >= 11 is 0. The highest BCUT2D eigenvalue weighted by Gasteiger charge is 2.07. The molecule has 19 heavy (non-hydrogen) atoms. The minimum absolute atomic E-state index is 0.197. The van der Waals surface area contributed by atoms with E-state index in [-0.39, 0.29) is 11.8 Å². The zero-order valence-electron chi connectivity index (χ0n) is 11.1. The van der Waals surface area contributed by atoms with Crippen molar-refractivity contribution in [2.24, 2.45) is 5.73 Å². The van der Waals surface area contributed by atoms with Crippen LogP contribution in [0, 0.1) is 0 Å². The van der Waals surface area contributed by atoms with Gasteiger partial charge in [0.2, 0.25) is 5.91 Å². The Labute approximate surface area is 112 Å². The molecule has 0 spiro atoms. The number of nitrogens with two attached hydrogens (primary N) is 1. The van der Waals surface area contributed by atoms with Gasteiger partial charge in [-0.3, -0.25) is 9.59 Å². The first-order chi connectivity index (χ1) is 9.04. The molecular formula is C13H19N3O3. The summed E-state index contributed by atoms with van der Waals surface area (Å²) in [6, 6.07) is 6.24. The molecule has 1 atom stereocenters. The van der Waals surface area contributed by atoms with Gasteiger partial charge in [0.05, 0.1) is 13.2 Å². The maximum absolute atomic E-state index is 11.7. The highest BCUT2D eigenvalue weighted by molar-refractivity contribution is 5.94. The van der Waals surface area contributed by atoms with Crippen LogP contribution in [0.1, 0.15) is 17.3 Å². The molecule has 0 fully saturated rings. The number of amides is 2. The minimum atomic E-state index is -0.544. The van der Waals surface area contributed by atoms with Gasteiger partial charge < -0.3 is 21.1 Å². The van der Waals surface area contributed by atoms with Crippen LogP contribution in [0.15, 0.2) is 24.3 Å². The van der Waals surface area contributed by atoms with Gasteiger partial charge in [-0.25, -0.2) is 0 Å². The molecule has 0 bridgehead atoms. The van der Waals surface area contributed by atoms with Crippen molar-refractivity contribution in [1.29, 1.82) is 0 Å². The van der Waals surface area contributed by atoms with Gasteiger partial charge in [-0.2, -0.15) is 0 Å². The topological polar surface area (TPSA) is 93.5 Å². The number of hydrogen-bond donors (Lipinski definition) is 3. The maximum atomic E-state index is 11.7. The Morgan fingerprint density at radius 2 is 1.79 bits per heavy atom. The Hall–Kier alpha value is -2.08. The molecule has 1 rings (SSSR count). The van der Waals surface area contributed by atoms with Gasteiger partial charge in [0.25, 0.3) is 5.91 Å². The predicted octanol–water partition coefficient (Wildman–Crippen LogP) is -0.112. The quantitative estimate of drug-likeness (QED) is 0.626. The lowest BCUT2D eigenvalue weighted by atomic mass is 10.2. The minimum Gasteiger partial charge on any atom is -0.497 e. The van der Waals surface area contributed by atoms with Crippen molar-refractivity contribution < 1.29 is 14.3 Å². The summed E-state index contributed by atoms with van der Waals surface area (Å²) in [6.07, 6.45) is 0. The molecular weight excluding hydrogens is 246 g/mol. The molecule has 0 radical (unpaired) electrons. The predicted molar refractivity (Wildman–Crippen MR) is 72.0 cm³/mol. The van der Waals surface area contributed by atoms with E-state index in [2.05, 4.69) is 10.6 Å². The second-order valence-electron chi connectivity index (χ2n) is 4.06. The van der Waals surface area contributed by atoms with E-state index in [1.165, 1.54) is 0 Å². The largest absolute Gasteiger partial charge is 0.497 e. The lowest BCUT2D eigenvalue weighted by Gasteiger charge is -2.09.